The molecule has 0 saturated carbocycles. The highest BCUT2D eigenvalue weighted by Gasteiger charge is 2.30. The summed E-state index contributed by atoms with van der Waals surface area (Å²) >= 11 is 0. The zero-order valence-electron chi connectivity index (χ0n) is 14.7. The van der Waals surface area contributed by atoms with Gasteiger partial charge in [0.15, 0.2) is 11.5 Å². The Morgan fingerprint density at radius 1 is 0.893 bits per heavy atom. The number of nitrogens with one attached hydrogen (secondary N) is 2. The fourth-order valence-electron chi connectivity index (χ4n) is 2.71. The largest absolute Gasteiger partial charge is 0.454 e. The van der Waals surface area contributed by atoms with Crippen LogP contribution in [0.15, 0.2) is 48.5 Å². The molecule has 6 nitrogen and oxygen atoms in total. The summed E-state index contributed by atoms with van der Waals surface area (Å²) in [5, 5.41) is 5.95. The molecule has 0 fully saturated rings. The summed E-state index contributed by atoms with van der Waals surface area (Å²) in [5.41, 5.74) is 0.886. The minimum absolute atomic E-state index is 0.171. The molecule has 28 heavy (non-hydrogen) atoms. The van der Waals surface area contributed by atoms with Crippen LogP contribution in [0.5, 0.6) is 11.5 Å². The number of benzene rings is 2. The summed E-state index contributed by atoms with van der Waals surface area (Å²) < 4.78 is 49.3. The van der Waals surface area contributed by atoms with Crippen molar-refractivity contribution >= 4 is 23.1 Å². The summed E-state index contributed by atoms with van der Waals surface area (Å²) in [7, 11) is 0. The number of aryl methyl sites for hydroxylation is 1. The second-order valence-corrected chi connectivity index (χ2v) is 6.11. The summed E-state index contributed by atoms with van der Waals surface area (Å²) in [6, 6.07) is 11.9. The number of hydrogen-bond acceptors (Lipinski definition) is 6. The number of ether oxygens (including phenoxy) is 2. The number of rotatable bonds is 4. The molecular weight excluding hydrogens is 373 g/mol. The first kappa shape index (κ1) is 17.9. The molecule has 2 aromatic carbocycles. The molecule has 1 aliphatic heterocycles. The van der Waals surface area contributed by atoms with E-state index >= 15 is 0 Å². The van der Waals surface area contributed by atoms with E-state index in [1.165, 1.54) is 12.1 Å². The summed E-state index contributed by atoms with van der Waals surface area (Å²) in [6.07, 6.45) is -4.41. The quantitative estimate of drug-likeness (QED) is 0.654. The van der Waals surface area contributed by atoms with Crippen molar-refractivity contribution in [2.75, 3.05) is 17.4 Å². The SMILES string of the molecule is Cc1cc(Nc2cccc(C(F)(F)F)c2)nc(Nc2ccc3c(c2)OCO3)n1. The number of halogens is 3. The third kappa shape index (κ3) is 3.93. The standard InChI is InChI=1S/C19H15F3N4O2/c1-11-7-17(24-13-4-2-3-12(8-13)19(20,21)22)26-18(23-11)25-14-5-6-15-16(9-14)28-10-27-15/h2-9H,10H2,1H3,(H2,23,24,25,26). The van der Waals surface area contributed by atoms with Gasteiger partial charge >= 0.3 is 6.18 Å². The smallest absolute Gasteiger partial charge is 0.416 e. The Kier molecular flexibility index (Phi) is 4.42. The van der Waals surface area contributed by atoms with Gasteiger partial charge in [0.25, 0.3) is 0 Å². The highest BCUT2D eigenvalue weighted by atomic mass is 19.4. The van der Waals surface area contributed by atoms with Crippen molar-refractivity contribution in [3.63, 3.8) is 0 Å². The number of fused-ring (bicyclic) bond motifs is 1. The molecule has 0 bridgehead atoms. The molecule has 0 aliphatic carbocycles. The molecule has 144 valence electrons. The third-order valence-corrected chi connectivity index (χ3v) is 3.95. The zero-order chi connectivity index (χ0) is 19.7. The van der Waals surface area contributed by atoms with E-state index in [1.807, 2.05) is 0 Å². The average Bonchev–Trinajstić information content (AvgIpc) is 3.08. The first-order valence-corrected chi connectivity index (χ1v) is 8.33. The summed E-state index contributed by atoms with van der Waals surface area (Å²) in [6.45, 7) is 1.94. The fraction of sp³-hybridized carbons (Fsp3) is 0.158. The minimum atomic E-state index is -4.41. The van der Waals surface area contributed by atoms with Gasteiger partial charge in [-0.3, -0.25) is 0 Å². The molecule has 0 atom stereocenters. The molecule has 0 spiro atoms. The zero-order valence-corrected chi connectivity index (χ0v) is 14.7. The predicted molar refractivity (Wildman–Crippen MR) is 97.3 cm³/mol. The van der Waals surface area contributed by atoms with Crippen LogP contribution in [-0.2, 0) is 6.18 Å². The summed E-state index contributed by atoms with van der Waals surface area (Å²) in [4.78, 5) is 8.63. The molecule has 2 N–H and O–H groups in total. The molecular formula is C19H15F3N4O2. The van der Waals surface area contributed by atoms with Crippen LogP contribution < -0.4 is 20.1 Å². The van der Waals surface area contributed by atoms with Crippen LogP contribution in [0.25, 0.3) is 0 Å². The van der Waals surface area contributed by atoms with Crippen molar-refractivity contribution in [3.8, 4) is 11.5 Å². The van der Waals surface area contributed by atoms with Crippen molar-refractivity contribution in [1.82, 2.24) is 9.97 Å². The Hall–Kier alpha value is -3.49. The number of aromatic nitrogens is 2. The van der Waals surface area contributed by atoms with Crippen LogP contribution in [0.2, 0.25) is 0 Å². The number of alkyl halides is 3. The molecule has 4 rings (SSSR count). The second-order valence-electron chi connectivity index (χ2n) is 6.11. The van der Waals surface area contributed by atoms with Gasteiger partial charge in [-0.1, -0.05) is 6.07 Å². The van der Waals surface area contributed by atoms with E-state index in [-0.39, 0.29) is 12.5 Å². The topological polar surface area (TPSA) is 68.3 Å². The summed E-state index contributed by atoms with van der Waals surface area (Å²) in [5.74, 6) is 1.94. The number of hydrogen-bond donors (Lipinski definition) is 2. The van der Waals surface area contributed by atoms with Crippen LogP contribution in [-0.4, -0.2) is 16.8 Å². The van der Waals surface area contributed by atoms with Crippen LogP contribution >= 0.6 is 0 Å². The molecule has 1 aromatic heterocycles. The van der Waals surface area contributed by atoms with Crippen LogP contribution in [0.1, 0.15) is 11.3 Å². The molecule has 0 amide bonds. The van der Waals surface area contributed by atoms with Gasteiger partial charge in [-0.15, -0.1) is 0 Å². The van der Waals surface area contributed by atoms with Gasteiger partial charge in [-0.05, 0) is 37.3 Å². The van der Waals surface area contributed by atoms with Crippen LogP contribution in [0, 0.1) is 6.92 Å². The van der Waals surface area contributed by atoms with E-state index in [4.69, 9.17) is 9.47 Å². The lowest BCUT2D eigenvalue weighted by Gasteiger charge is -2.12. The maximum Gasteiger partial charge on any atom is 0.416 e. The van der Waals surface area contributed by atoms with Crippen molar-refractivity contribution in [2.45, 2.75) is 13.1 Å². The number of anilines is 4. The first-order chi connectivity index (χ1) is 13.4. The lowest BCUT2D eigenvalue weighted by Crippen LogP contribution is -2.06. The van der Waals surface area contributed by atoms with E-state index in [0.717, 1.165) is 12.1 Å². The van der Waals surface area contributed by atoms with Gasteiger partial charge in [0.1, 0.15) is 5.82 Å². The maximum atomic E-state index is 12.9. The second kappa shape index (κ2) is 6.91. The normalized spacial score (nSPS) is 12.7. The molecule has 0 unspecified atom stereocenters. The van der Waals surface area contributed by atoms with Crippen molar-refractivity contribution in [3.05, 3.63) is 59.8 Å². The Morgan fingerprint density at radius 3 is 2.50 bits per heavy atom. The van der Waals surface area contributed by atoms with Gasteiger partial charge in [-0.2, -0.15) is 18.2 Å². The third-order valence-electron chi connectivity index (χ3n) is 3.95. The van der Waals surface area contributed by atoms with Gasteiger partial charge < -0.3 is 20.1 Å². The van der Waals surface area contributed by atoms with Crippen LogP contribution in [0.4, 0.5) is 36.3 Å². The van der Waals surface area contributed by atoms with Gasteiger partial charge in [0.05, 0.1) is 5.56 Å². The highest BCUT2D eigenvalue weighted by Crippen LogP contribution is 2.35. The Balaban J connectivity index is 1.56. The van der Waals surface area contributed by atoms with E-state index in [2.05, 4.69) is 20.6 Å². The van der Waals surface area contributed by atoms with Crippen molar-refractivity contribution in [2.24, 2.45) is 0 Å². The predicted octanol–water partition coefficient (Wildman–Crippen LogP) is 5.02. The Morgan fingerprint density at radius 2 is 1.68 bits per heavy atom. The van der Waals surface area contributed by atoms with E-state index in [1.54, 1.807) is 31.2 Å². The minimum Gasteiger partial charge on any atom is -0.454 e. The molecule has 0 saturated heterocycles. The van der Waals surface area contributed by atoms with Gasteiger partial charge in [0.2, 0.25) is 12.7 Å². The number of nitrogens with zero attached hydrogens (tertiary/aromatic N) is 2. The van der Waals surface area contributed by atoms with Crippen molar-refractivity contribution < 1.29 is 22.6 Å². The lowest BCUT2D eigenvalue weighted by molar-refractivity contribution is -0.137. The average molecular weight is 388 g/mol. The Bertz CT molecular complexity index is 1020. The van der Waals surface area contributed by atoms with E-state index < -0.39 is 11.7 Å². The highest BCUT2D eigenvalue weighted by molar-refractivity contribution is 5.63. The molecule has 1 aliphatic rings. The fourth-order valence-corrected chi connectivity index (χ4v) is 2.71. The van der Waals surface area contributed by atoms with Gasteiger partial charge in [0, 0.05) is 29.2 Å². The van der Waals surface area contributed by atoms with Gasteiger partial charge in [-0.25, -0.2) is 4.98 Å². The lowest BCUT2D eigenvalue weighted by atomic mass is 10.2. The molecule has 2 heterocycles. The van der Waals surface area contributed by atoms with E-state index in [0.29, 0.717) is 34.6 Å². The van der Waals surface area contributed by atoms with E-state index in [9.17, 15) is 13.2 Å². The molecule has 3 aromatic rings. The van der Waals surface area contributed by atoms with Crippen LogP contribution in [0.3, 0.4) is 0 Å². The molecule has 0 radical (unpaired) electrons. The monoisotopic (exact) mass is 388 g/mol. The van der Waals surface area contributed by atoms with Crippen molar-refractivity contribution in [1.29, 1.82) is 0 Å². The molecule has 9 heteroatoms. The first-order valence-electron chi connectivity index (χ1n) is 8.33. The maximum absolute atomic E-state index is 12.9. The Labute approximate surface area is 158 Å².